The van der Waals surface area contributed by atoms with Crippen LogP contribution < -0.4 is 14.8 Å². The zero-order valence-corrected chi connectivity index (χ0v) is 16.4. The Morgan fingerprint density at radius 3 is 2.57 bits per heavy atom. The van der Waals surface area contributed by atoms with Crippen molar-refractivity contribution in [2.45, 2.75) is 37.1 Å². The molecule has 8 heteroatoms. The van der Waals surface area contributed by atoms with E-state index in [1.807, 2.05) is 6.92 Å². The van der Waals surface area contributed by atoms with Crippen molar-refractivity contribution < 1.29 is 22.7 Å². The van der Waals surface area contributed by atoms with Crippen molar-refractivity contribution in [3.05, 3.63) is 48.0 Å². The molecule has 0 aliphatic carbocycles. The summed E-state index contributed by atoms with van der Waals surface area (Å²) in [5.74, 6) is 0.892. The second-order valence-electron chi connectivity index (χ2n) is 7.01. The fourth-order valence-corrected chi connectivity index (χ4v) is 5.22. The summed E-state index contributed by atoms with van der Waals surface area (Å²) in [6.07, 6.45) is 2.79. The van der Waals surface area contributed by atoms with Crippen molar-refractivity contribution in [1.82, 2.24) is 4.31 Å². The molecule has 28 heavy (non-hydrogen) atoms. The van der Waals surface area contributed by atoms with Gasteiger partial charge in [0.2, 0.25) is 16.8 Å². The van der Waals surface area contributed by atoms with Crippen LogP contribution in [0.5, 0.6) is 11.5 Å². The number of ether oxygens (including phenoxy) is 2. The Labute approximate surface area is 164 Å². The van der Waals surface area contributed by atoms with Crippen molar-refractivity contribution >= 4 is 21.6 Å². The van der Waals surface area contributed by atoms with Gasteiger partial charge in [0.1, 0.15) is 0 Å². The van der Waals surface area contributed by atoms with Crippen molar-refractivity contribution in [1.29, 1.82) is 0 Å². The minimum atomic E-state index is -3.55. The van der Waals surface area contributed by atoms with Crippen LogP contribution in [0.25, 0.3) is 0 Å². The van der Waals surface area contributed by atoms with E-state index in [2.05, 4.69) is 5.32 Å². The third-order valence-electron chi connectivity index (χ3n) is 5.10. The van der Waals surface area contributed by atoms with E-state index in [0.29, 0.717) is 29.3 Å². The number of anilines is 1. The lowest BCUT2D eigenvalue weighted by Gasteiger charge is -2.32. The van der Waals surface area contributed by atoms with E-state index in [1.165, 1.54) is 24.3 Å². The monoisotopic (exact) mass is 402 g/mol. The van der Waals surface area contributed by atoms with Crippen LogP contribution in [0.15, 0.2) is 47.4 Å². The van der Waals surface area contributed by atoms with E-state index in [4.69, 9.17) is 9.47 Å². The number of benzene rings is 2. The first-order valence-electron chi connectivity index (χ1n) is 9.28. The molecule has 1 fully saturated rings. The van der Waals surface area contributed by atoms with E-state index >= 15 is 0 Å². The van der Waals surface area contributed by atoms with Gasteiger partial charge in [-0.1, -0.05) is 6.42 Å². The van der Waals surface area contributed by atoms with Crippen LogP contribution in [0.3, 0.4) is 0 Å². The molecule has 0 bridgehead atoms. The minimum absolute atomic E-state index is 0.00673. The van der Waals surface area contributed by atoms with E-state index in [-0.39, 0.29) is 23.6 Å². The van der Waals surface area contributed by atoms with Crippen molar-refractivity contribution in [2.75, 3.05) is 18.7 Å². The van der Waals surface area contributed by atoms with E-state index in [1.54, 1.807) is 22.5 Å². The van der Waals surface area contributed by atoms with Crippen LogP contribution >= 0.6 is 0 Å². The fourth-order valence-electron chi connectivity index (χ4n) is 3.52. The predicted molar refractivity (Wildman–Crippen MR) is 104 cm³/mol. The number of hydrogen-bond acceptors (Lipinski definition) is 5. The third-order valence-corrected chi connectivity index (χ3v) is 7.12. The molecule has 1 amide bonds. The lowest BCUT2D eigenvalue weighted by atomic mass is 10.1. The number of carbonyl (C=O) groups is 1. The van der Waals surface area contributed by atoms with Gasteiger partial charge < -0.3 is 14.8 Å². The van der Waals surface area contributed by atoms with Gasteiger partial charge >= 0.3 is 0 Å². The van der Waals surface area contributed by atoms with Gasteiger partial charge in [-0.15, -0.1) is 0 Å². The number of rotatable bonds is 4. The number of piperidine rings is 1. The highest BCUT2D eigenvalue weighted by Gasteiger charge is 2.30. The van der Waals surface area contributed by atoms with Gasteiger partial charge in [-0.3, -0.25) is 4.79 Å². The van der Waals surface area contributed by atoms with E-state index < -0.39 is 10.0 Å². The summed E-state index contributed by atoms with van der Waals surface area (Å²) >= 11 is 0. The zero-order chi connectivity index (χ0) is 19.7. The number of nitrogens with one attached hydrogen (secondary N) is 1. The highest BCUT2D eigenvalue weighted by Crippen LogP contribution is 2.34. The first-order valence-corrected chi connectivity index (χ1v) is 10.7. The second-order valence-corrected chi connectivity index (χ2v) is 8.90. The zero-order valence-electron chi connectivity index (χ0n) is 15.6. The molecule has 4 rings (SSSR count). The lowest BCUT2D eigenvalue weighted by molar-refractivity contribution is 0.102. The highest BCUT2D eigenvalue weighted by atomic mass is 32.2. The van der Waals surface area contributed by atoms with Gasteiger partial charge in [-0.2, -0.15) is 4.31 Å². The summed E-state index contributed by atoms with van der Waals surface area (Å²) in [5, 5.41) is 2.78. The molecule has 1 N–H and O–H groups in total. The lowest BCUT2D eigenvalue weighted by Crippen LogP contribution is -2.41. The molecule has 2 aliphatic rings. The summed E-state index contributed by atoms with van der Waals surface area (Å²) < 4.78 is 37.9. The van der Waals surface area contributed by atoms with Crippen LogP contribution in [-0.2, 0) is 10.0 Å². The fraction of sp³-hybridized carbons (Fsp3) is 0.350. The highest BCUT2D eigenvalue weighted by molar-refractivity contribution is 7.89. The van der Waals surface area contributed by atoms with Crippen LogP contribution in [0, 0.1) is 0 Å². The summed E-state index contributed by atoms with van der Waals surface area (Å²) in [5.41, 5.74) is 0.955. The maximum Gasteiger partial charge on any atom is 0.255 e. The molecule has 0 radical (unpaired) electrons. The summed E-state index contributed by atoms with van der Waals surface area (Å²) in [4.78, 5) is 12.7. The van der Waals surface area contributed by atoms with Crippen molar-refractivity contribution in [2.24, 2.45) is 0 Å². The molecule has 0 saturated carbocycles. The first kappa shape index (κ1) is 18.8. The van der Waals surface area contributed by atoms with E-state index in [9.17, 15) is 13.2 Å². The Hall–Kier alpha value is -2.58. The molecule has 1 unspecified atom stereocenters. The molecule has 148 valence electrons. The normalized spacial score (nSPS) is 19.4. The maximum atomic E-state index is 12.9. The Bertz CT molecular complexity index is 988. The van der Waals surface area contributed by atoms with Gasteiger partial charge in [-0.25, -0.2) is 8.42 Å². The molecule has 0 aromatic heterocycles. The number of sulfonamides is 1. The van der Waals surface area contributed by atoms with Crippen LogP contribution in [-0.4, -0.2) is 38.0 Å². The predicted octanol–water partition coefficient (Wildman–Crippen LogP) is 3.23. The molecular formula is C20H22N2O5S. The Morgan fingerprint density at radius 1 is 1.07 bits per heavy atom. The quantitative estimate of drug-likeness (QED) is 0.849. The Morgan fingerprint density at radius 2 is 1.82 bits per heavy atom. The molecular weight excluding hydrogens is 380 g/mol. The van der Waals surface area contributed by atoms with Gasteiger partial charge in [0.15, 0.2) is 11.5 Å². The largest absolute Gasteiger partial charge is 0.454 e. The number of amides is 1. The summed E-state index contributed by atoms with van der Waals surface area (Å²) in [6, 6.07) is 11.2. The summed E-state index contributed by atoms with van der Waals surface area (Å²) in [7, 11) is -3.55. The topological polar surface area (TPSA) is 84.9 Å². The second kappa shape index (κ2) is 7.44. The van der Waals surface area contributed by atoms with Crippen molar-refractivity contribution in [3.8, 4) is 11.5 Å². The number of nitrogens with zero attached hydrogens (tertiary/aromatic N) is 1. The van der Waals surface area contributed by atoms with E-state index in [0.717, 1.165) is 19.3 Å². The molecule has 0 spiro atoms. The average Bonchev–Trinajstić information content (AvgIpc) is 3.16. The first-order chi connectivity index (χ1) is 13.4. The van der Waals surface area contributed by atoms with Gasteiger partial charge in [0.05, 0.1) is 4.90 Å². The SMILES string of the molecule is CC1CCCCN1S(=O)(=O)c1ccc(C(=O)Nc2ccc3c(c2)OCO3)cc1. The molecule has 7 nitrogen and oxygen atoms in total. The molecule has 2 aromatic rings. The number of carbonyl (C=O) groups excluding carboxylic acids is 1. The molecule has 2 heterocycles. The van der Waals surface area contributed by atoms with Crippen molar-refractivity contribution in [3.63, 3.8) is 0 Å². The van der Waals surface area contributed by atoms with Crippen LogP contribution in [0.1, 0.15) is 36.5 Å². The Kier molecular flexibility index (Phi) is 4.99. The number of fused-ring (bicyclic) bond motifs is 1. The molecule has 1 atom stereocenters. The third kappa shape index (κ3) is 3.57. The minimum Gasteiger partial charge on any atom is -0.454 e. The maximum absolute atomic E-state index is 12.9. The number of hydrogen-bond donors (Lipinski definition) is 1. The van der Waals surface area contributed by atoms with Crippen LogP contribution in [0.4, 0.5) is 5.69 Å². The van der Waals surface area contributed by atoms with Crippen LogP contribution in [0.2, 0.25) is 0 Å². The average molecular weight is 402 g/mol. The molecule has 2 aliphatic heterocycles. The molecule has 2 aromatic carbocycles. The van der Waals surface area contributed by atoms with Gasteiger partial charge in [0, 0.05) is 29.9 Å². The summed E-state index contributed by atoms with van der Waals surface area (Å²) in [6.45, 7) is 2.64. The smallest absolute Gasteiger partial charge is 0.255 e. The van der Waals surface area contributed by atoms with Gasteiger partial charge in [-0.05, 0) is 56.2 Å². The van der Waals surface area contributed by atoms with Gasteiger partial charge in [0.25, 0.3) is 5.91 Å². The Balaban J connectivity index is 1.49. The molecule has 1 saturated heterocycles. The standard InChI is InChI=1S/C20H22N2O5S/c1-14-4-2-3-11-22(14)28(24,25)17-8-5-15(6-9-17)20(23)21-16-7-10-18-19(12-16)27-13-26-18/h5-10,12,14H,2-4,11,13H2,1H3,(H,21,23).